The monoisotopic (exact) mass is 381 g/mol. The molecule has 0 bridgehead atoms. The zero-order chi connectivity index (χ0) is 19.6. The van der Waals surface area contributed by atoms with Crippen molar-refractivity contribution in [3.63, 3.8) is 0 Å². The predicted molar refractivity (Wildman–Crippen MR) is 95.3 cm³/mol. The number of halogens is 3. The van der Waals surface area contributed by atoms with E-state index in [2.05, 4.69) is 17.9 Å². The summed E-state index contributed by atoms with van der Waals surface area (Å²) in [6, 6.07) is 5.53. The molecule has 1 atom stereocenters. The van der Waals surface area contributed by atoms with Crippen LogP contribution in [-0.4, -0.2) is 42.2 Å². The zero-order valence-electron chi connectivity index (χ0n) is 15.1. The average Bonchev–Trinajstić information content (AvgIpc) is 2.57. The summed E-state index contributed by atoms with van der Waals surface area (Å²) in [7, 11) is 0. The number of nitrogens with zero attached hydrogens (tertiary/aromatic N) is 1. The van der Waals surface area contributed by atoms with Crippen molar-refractivity contribution in [2.24, 2.45) is 11.8 Å². The van der Waals surface area contributed by atoms with E-state index in [1.54, 1.807) is 6.07 Å². The lowest BCUT2D eigenvalue weighted by Crippen LogP contribution is -2.51. The van der Waals surface area contributed by atoms with Crippen LogP contribution >= 0.6 is 0 Å². The molecule has 7 heteroatoms. The molecule has 1 heterocycles. The Morgan fingerprint density at radius 1 is 1.30 bits per heavy atom. The Balaban J connectivity index is 1.60. The van der Waals surface area contributed by atoms with Crippen molar-refractivity contribution in [1.29, 1.82) is 0 Å². The summed E-state index contributed by atoms with van der Waals surface area (Å²) in [5, 5.41) is 8.97. The van der Waals surface area contributed by atoms with Crippen LogP contribution in [0, 0.1) is 11.8 Å². The standard InChI is InChI=1S/C20H22F3NO3/c1-12-6-14-8-17(27-5-4-18(21)19(22)23)3-2-13(14)7-15(12)9-24-10-16(11-24)20(25)26/h2-3,7-8,12,16H,4-6,9-11H2,1H3,(H,25,26)/t12-/m0/s1. The molecule has 0 radical (unpaired) electrons. The molecule has 0 saturated carbocycles. The molecular formula is C20H22F3NO3. The van der Waals surface area contributed by atoms with Gasteiger partial charge in [-0.15, -0.1) is 0 Å². The van der Waals surface area contributed by atoms with Gasteiger partial charge in [0.2, 0.25) is 0 Å². The number of hydrogen-bond donors (Lipinski definition) is 1. The number of carboxylic acid groups (broad SMARTS) is 1. The highest BCUT2D eigenvalue weighted by Crippen LogP contribution is 2.32. The minimum absolute atomic E-state index is 0.141. The SMILES string of the molecule is C[C@H]1Cc2cc(OCCC(F)=C(F)F)ccc2C=C1CN1CC(C(=O)O)C1. The quantitative estimate of drug-likeness (QED) is 0.772. The van der Waals surface area contributed by atoms with Crippen LogP contribution in [0.15, 0.2) is 35.7 Å². The second-order valence-electron chi connectivity index (χ2n) is 7.18. The molecule has 4 nitrogen and oxygen atoms in total. The first-order chi connectivity index (χ1) is 12.8. The number of fused-ring (bicyclic) bond motifs is 1. The lowest BCUT2D eigenvalue weighted by atomic mass is 9.83. The van der Waals surface area contributed by atoms with Gasteiger partial charge in [0.05, 0.1) is 12.5 Å². The fourth-order valence-corrected chi connectivity index (χ4v) is 3.46. The molecule has 1 aliphatic heterocycles. The van der Waals surface area contributed by atoms with Gasteiger partial charge in [-0.25, -0.2) is 4.39 Å². The Kier molecular flexibility index (Phi) is 5.89. The van der Waals surface area contributed by atoms with Crippen LogP contribution in [0.1, 0.15) is 24.5 Å². The molecule has 1 fully saturated rings. The van der Waals surface area contributed by atoms with Gasteiger partial charge in [0.25, 0.3) is 0 Å². The largest absolute Gasteiger partial charge is 0.493 e. The van der Waals surface area contributed by atoms with Gasteiger partial charge in [0, 0.05) is 26.1 Å². The summed E-state index contributed by atoms with van der Waals surface area (Å²) in [5.74, 6) is -1.58. The number of rotatable bonds is 7. The number of hydrogen-bond acceptors (Lipinski definition) is 3. The van der Waals surface area contributed by atoms with Crippen LogP contribution in [0.3, 0.4) is 0 Å². The molecular weight excluding hydrogens is 359 g/mol. The summed E-state index contributed by atoms with van der Waals surface area (Å²) >= 11 is 0. The van der Waals surface area contributed by atoms with E-state index in [0.717, 1.165) is 24.1 Å². The van der Waals surface area contributed by atoms with Crippen molar-refractivity contribution in [3.8, 4) is 5.75 Å². The minimum Gasteiger partial charge on any atom is -0.493 e. The van der Waals surface area contributed by atoms with Crippen molar-refractivity contribution in [2.75, 3.05) is 26.2 Å². The number of benzene rings is 1. The zero-order valence-corrected chi connectivity index (χ0v) is 15.1. The maximum Gasteiger partial charge on any atom is 0.309 e. The van der Waals surface area contributed by atoms with Gasteiger partial charge in [-0.2, -0.15) is 8.78 Å². The topological polar surface area (TPSA) is 49.8 Å². The number of carboxylic acids is 1. The van der Waals surface area contributed by atoms with Crippen molar-refractivity contribution >= 4 is 12.0 Å². The Hall–Kier alpha value is -2.28. The number of aliphatic carboxylic acids is 1. The highest BCUT2D eigenvalue weighted by Gasteiger charge is 2.33. The van der Waals surface area contributed by atoms with E-state index in [0.29, 0.717) is 24.8 Å². The summed E-state index contributed by atoms with van der Waals surface area (Å²) in [4.78, 5) is 13.0. The number of ether oxygens (including phenoxy) is 1. The summed E-state index contributed by atoms with van der Waals surface area (Å²) < 4.78 is 42.3. The highest BCUT2D eigenvalue weighted by molar-refractivity contribution is 5.71. The first-order valence-corrected chi connectivity index (χ1v) is 8.94. The van der Waals surface area contributed by atoms with Crippen LogP contribution in [0.25, 0.3) is 6.08 Å². The first kappa shape index (κ1) is 19.5. The van der Waals surface area contributed by atoms with Crippen LogP contribution in [-0.2, 0) is 11.2 Å². The fourth-order valence-electron chi connectivity index (χ4n) is 3.46. The third kappa shape index (κ3) is 4.71. The molecule has 1 N–H and O–H groups in total. The Morgan fingerprint density at radius 3 is 2.70 bits per heavy atom. The van der Waals surface area contributed by atoms with Gasteiger partial charge >= 0.3 is 12.0 Å². The summed E-state index contributed by atoms with van der Waals surface area (Å²) in [6.07, 6.45) is 0.199. The Morgan fingerprint density at radius 2 is 2.04 bits per heavy atom. The van der Waals surface area contributed by atoms with E-state index >= 15 is 0 Å². The van der Waals surface area contributed by atoms with Gasteiger partial charge in [-0.1, -0.05) is 24.6 Å². The van der Waals surface area contributed by atoms with E-state index in [1.165, 1.54) is 5.57 Å². The van der Waals surface area contributed by atoms with Gasteiger partial charge in [0.1, 0.15) is 5.75 Å². The number of carbonyl (C=O) groups is 1. The number of likely N-dealkylation sites (tertiary alicyclic amines) is 1. The van der Waals surface area contributed by atoms with Gasteiger partial charge < -0.3 is 9.84 Å². The van der Waals surface area contributed by atoms with Crippen molar-refractivity contribution in [3.05, 3.63) is 46.8 Å². The second kappa shape index (κ2) is 8.17. The van der Waals surface area contributed by atoms with E-state index in [1.807, 2.05) is 12.1 Å². The first-order valence-electron chi connectivity index (χ1n) is 8.94. The molecule has 0 spiro atoms. The normalized spacial score (nSPS) is 19.7. The maximum absolute atomic E-state index is 12.8. The average molecular weight is 381 g/mol. The summed E-state index contributed by atoms with van der Waals surface area (Å²) in [6.45, 7) is 3.93. The van der Waals surface area contributed by atoms with E-state index in [-0.39, 0.29) is 12.5 Å². The molecule has 0 amide bonds. The molecule has 1 aliphatic carbocycles. The minimum atomic E-state index is -2.30. The van der Waals surface area contributed by atoms with E-state index in [9.17, 15) is 18.0 Å². The van der Waals surface area contributed by atoms with Crippen molar-refractivity contribution in [1.82, 2.24) is 4.90 Å². The van der Waals surface area contributed by atoms with Gasteiger partial charge in [-0.3, -0.25) is 9.69 Å². The van der Waals surface area contributed by atoms with E-state index in [4.69, 9.17) is 9.84 Å². The molecule has 0 unspecified atom stereocenters. The van der Waals surface area contributed by atoms with Crippen LogP contribution in [0.4, 0.5) is 13.2 Å². The van der Waals surface area contributed by atoms with Crippen molar-refractivity contribution < 1.29 is 27.8 Å². The third-order valence-corrected chi connectivity index (χ3v) is 5.12. The molecule has 3 rings (SSSR count). The highest BCUT2D eigenvalue weighted by atomic mass is 19.3. The molecule has 1 aromatic carbocycles. The predicted octanol–water partition coefficient (Wildman–Crippen LogP) is 4.13. The molecule has 1 saturated heterocycles. The molecule has 146 valence electrons. The Labute approximate surface area is 155 Å². The smallest absolute Gasteiger partial charge is 0.309 e. The fraction of sp³-hybridized carbons (Fsp3) is 0.450. The van der Waals surface area contributed by atoms with Crippen LogP contribution in [0.5, 0.6) is 5.75 Å². The maximum atomic E-state index is 12.8. The Bertz CT molecular complexity index is 781. The molecule has 0 aromatic heterocycles. The molecule has 2 aliphatic rings. The van der Waals surface area contributed by atoms with E-state index < -0.39 is 24.3 Å². The third-order valence-electron chi connectivity index (χ3n) is 5.12. The molecule has 1 aromatic rings. The van der Waals surface area contributed by atoms with Gasteiger partial charge in [0.15, 0.2) is 5.83 Å². The second-order valence-corrected chi connectivity index (χ2v) is 7.18. The lowest BCUT2D eigenvalue weighted by Gasteiger charge is -2.38. The van der Waals surface area contributed by atoms with Crippen molar-refractivity contribution in [2.45, 2.75) is 19.8 Å². The molecule has 27 heavy (non-hydrogen) atoms. The summed E-state index contributed by atoms with van der Waals surface area (Å²) in [5.41, 5.74) is 3.45. The van der Waals surface area contributed by atoms with Crippen LogP contribution < -0.4 is 4.74 Å². The van der Waals surface area contributed by atoms with Crippen LogP contribution in [0.2, 0.25) is 0 Å². The van der Waals surface area contributed by atoms with Gasteiger partial charge in [-0.05, 0) is 35.6 Å². The lowest BCUT2D eigenvalue weighted by molar-refractivity contribution is -0.147.